The Bertz CT molecular complexity index is 760. The molecular weight excluding hydrogens is 344 g/mol. The minimum Gasteiger partial charge on any atom is -0.455 e. The quantitative estimate of drug-likeness (QED) is 0.826. The molecule has 0 saturated carbocycles. The van der Waals surface area contributed by atoms with Crippen LogP contribution < -0.4 is 15.6 Å². The van der Waals surface area contributed by atoms with Gasteiger partial charge in [-0.1, -0.05) is 15.9 Å². The fraction of sp³-hybridized carbons (Fsp3) is 0.0769. The Morgan fingerprint density at radius 3 is 2.40 bits per heavy atom. The summed E-state index contributed by atoms with van der Waals surface area (Å²) in [6.07, 6.45) is 0. The highest BCUT2D eigenvalue weighted by atomic mass is 79.9. The molecule has 0 atom stereocenters. The number of hydrogen-bond acceptors (Lipinski definition) is 4. The number of hydrogen-bond donors (Lipinski definition) is 2. The highest BCUT2D eigenvalue weighted by Gasteiger charge is 2.12. The lowest BCUT2D eigenvalue weighted by molar-refractivity contribution is 0.479. The zero-order chi connectivity index (χ0) is 14.9. The van der Waals surface area contributed by atoms with Crippen molar-refractivity contribution >= 4 is 31.6 Å². The van der Waals surface area contributed by atoms with E-state index in [4.69, 9.17) is 15.6 Å². The van der Waals surface area contributed by atoms with Crippen LogP contribution in [0.1, 0.15) is 5.56 Å². The molecule has 0 saturated heterocycles. The van der Waals surface area contributed by atoms with Gasteiger partial charge in [-0.15, -0.1) is 0 Å². The van der Waals surface area contributed by atoms with Gasteiger partial charge in [-0.2, -0.15) is 0 Å². The Morgan fingerprint density at radius 2 is 1.80 bits per heavy atom. The minimum atomic E-state index is -3.79. The molecule has 0 unspecified atom stereocenters. The van der Waals surface area contributed by atoms with E-state index in [0.717, 1.165) is 10.0 Å². The maximum atomic E-state index is 11.3. The van der Waals surface area contributed by atoms with Crippen LogP contribution in [-0.4, -0.2) is 8.42 Å². The van der Waals surface area contributed by atoms with Crippen LogP contribution >= 0.6 is 15.9 Å². The number of nitrogens with two attached hydrogens (primary N) is 2. The van der Waals surface area contributed by atoms with Crippen molar-refractivity contribution in [3.05, 3.63) is 46.4 Å². The standard InChI is InChI=1S/C13H13BrN2O3S/c1-8-6-9(14)2-5-12(8)19-13-7-10(20(16,17)18)3-4-11(13)15/h2-7H,15H2,1H3,(H2,16,17,18). The van der Waals surface area contributed by atoms with Gasteiger partial charge in [0.15, 0.2) is 5.75 Å². The highest BCUT2D eigenvalue weighted by molar-refractivity contribution is 9.10. The monoisotopic (exact) mass is 356 g/mol. The van der Waals surface area contributed by atoms with Crippen LogP contribution in [0.5, 0.6) is 11.5 Å². The van der Waals surface area contributed by atoms with Crippen molar-refractivity contribution in [2.24, 2.45) is 5.14 Å². The molecule has 0 fully saturated rings. The van der Waals surface area contributed by atoms with Gasteiger partial charge in [0.25, 0.3) is 0 Å². The van der Waals surface area contributed by atoms with Crippen molar-refractivity contribution in [1.29, 1.82) is 0 Å². The summed E-state index contributed by atoms with van der Waals surface area (Å²) < 4.78 is 29.3. The largest absolute Gasteiger partial charge is 0.455 e. The van der Waals surface area contributed by atoms with Crippen LogP contribution in [0.4, 0.5) is 5.69 Å². The minimum absolute atomic E-state index is 0.0449. The first-order valence-corrected chi connectivity index (χ1v) is 7.97. The van der Waals surface area contributed by atoms with Crippen LogP contribution in [0.25, 0.3) is 0 Å². The molecule has 7 heteroatoms. The van der Waals surface area contributed by atoms with Gasteiger partial charge in [-0.3, -0.25) is 0 Å². The van der Waals surface area contributed by atoms with E-state index in [1.54, 1.807) is 6.07 Å². The Balaban J connectivity index is 2.43. The second kappa shape index (κ2) is 5.43. The summed E-state index contributed by atoms with van der Waals surface area (Å²) in [6.45, 7) is 1.87. The fourth-order valence-corrected chi connectivity index (χ4v) is 2.63. The number of halogens is 1. The molecule has 0 spiro atoms. The average molecular weight is 357 g/mol. The Hall–Kier alpha value is -1.57. The second-order valence-corrected chi connectivity index (χ2v) is 6.73. The molecule has 0 heterocycles. The van der Waals surface area contributed by atoms with Crippen LogP contribution in [0, 0.1) is 6.92 Å². The van der Waals surface area contributed by atoms with Gasteiger partial charge in [0.2, 0.25) is 10.0 Å². The van der Waals surface area contributed by atoms with Crippen LogP contribution in [0.3, 0.4) is 0 Å². The molecule has 106 valence electrons. The van der Waals surface area contributed by atoms with Gasteiger partial charge in [0, 0.05) is 10.5 Å². The van der Waals surface area contributed by atoms with E-state index in [-0.39, 0.29) is 10.6 Å². The van der Waals surface area contributed by atoms with Crippen molar-refractivity contribution < 1.29 is 13.2 Å². The predicted molar refractivity (Wildman–Crippen MR) is 81.2 cm³/mol. The fourth-order valence-electron chi connectivity index (χ4n) is 1.63. The molecule has 20 heavy (non-hydrogen) atoms. The molecule has 0 amide bonds. The smallest absolute Gasteiger partial charge is 0.238 e. The van der Waals surface area contributed by atoms with Gasteiger partial charge in [0.05, 0.1) is 10.6 Å². The maximum Gasteiger partial charge on any atom is 0.238 e. The molecule has 0 aliphatic heterocycles. The Labute approximate surface area is 125 Å². The summed E-state index contributed by atoms with van der Waals surface area (Å²) in [5, 5.41) is 5.09. The lowest BCUT2D eigenvalue weighted by atomic mass is 10.2. The number of nitrogen functional groups attached to an aromatic ring is 1. The van der Waals surface area contributed by atoms with Crippen molar-refractivity contribution in [3.8, 4) is 11.5 Å². The summed E-state index contributed by atoms with van der Waals surface area (Å²) >= 11 is 3.36. The molecule has 0 aliphatic rings. The third-order valence-electron chi connectivity index (χ3n) is 2.67. The first-order valence-electron chi connectivity index (χ1n) is 5.64. The Morgan fingerprint density at radius 1 is 1.10 bits per heavy atom. The number of rotatable bonds is 3. The summed E-state index contributed by atoms with van der Waals surface area (Å²) in [4.78, 5) is -0.0449. The molecule has 2 rings (SSSR count). The number of benzene rings is 2. The normalized spacial score (nSPS) is 11.3. The summed E-state index contributed by atoms with van der Waals surface area (Å²) in [5.41, 5.74) is 7.01. The van der Waals surface area contributed by atoms with Crippen LogP contribution in [0.2, 0.25) is 0 Å². The van der Waals surface area contributed by atoms with Crippen molar-refractivity contribution in [3.63, 3.8) is 0 Å². The lowest BCUT2D eigenvalue weighted by Crippen LogP contribution is -2.12. The van der Waals surface area contributed by atoms with E-state index >= 15 is 0 Å². The third kappa shape index (κ3) is 3.30. The highest BCUT2D eigenvalue weighted by Crippen LogP contribution is 2.32. The average Bonchev–Trinajstić information content (AvgIpc) is 2.33. The van der Waals surface area contributed by atoms with Gasteiger partial charge >= 0.3 is 0 Å². The van der Waals surface area contributed by atoms with E-state index in [1.807, 2.05) is 19.1 Å². The van der Waals surface area contributed by atoms with Gasteiger partial charge in [-0.25, -0.2) is 13.6 Å². The first-order chi connectivity index (χ1) is 9.27. The lowest BCUT2D eigenvalue weighted by Gasteiger charge is -2.12. The van der Waals surface area contributed by atoms with Crippen molar-refractivity contribution in [1.82, 2.24) is 0 Å². The van der Waals surface area contributed by atoms with Gasteiger partial charge < -0.3 is 10.5 Å². The van der Waals surface area contributed by atoms with E-state index in [0.29, 0.717) is 11.4 Å². The Kier molecular flexibility index (Phi) is 4.03. The molecular formula is C13H13BrN2O3S. The van der Waals surface area contributed by atoms with Gasteiger partial charge in [-0.05, 0) is 42.8 Å². The summed E-state index contributed by atoms with van der Waals surface area (Å²) in [6, 6.07) is 9.57. The topological polar surface area (TPSA) is 95.4 Å². The van der Waals surface area contributed by atoms with E-state index in [9.17, 15) is 8.42 Å². The number of anilines is 1. The first kappa shape index (κ1) is 14.8. The summed E-state index contributed by atoms with van der Waals surface area (Å²) in [5.74, 6) is 0.841. The zero-order valence-electron chi connectivity index (χ0n) is 10.6. The zero-order valence-corrected chi connectivity index (χ0v) is 13.0. The number of sulfonamides is 1. The van der Waals surface area contributed by atoms with E-state index in [2.05, 4.69) is 15.9 Å². The van der Waals surface area contributed by atoms with Crippen molar-refractivity contribution in [2.45, 2.75) is 11.8 Å². The van der Waals surface area contributed by atoms with Crippen LogP contribution in [0.15, 0.2) is 45.8 Å². The molecule has 5 nitrogen and oxygen atoms in total. The molecule has 0 aliphatic carbocycles. The van der Waals surface area contributed by atoms with E-state index < -0.39 is 10.0 Å². The molecule has 0 radical (unpaired) electrons. The number of primary sulfonamides is 1. The number of aryl methyl sites for hydroxylation is 1. The van der Waals surface area contributed by atoms with Crippen LogP contribution in [-0.2, 0) is 10.0 Å². The summed E-state index contributed by atoms with van der Waals surface area (Å²) in [7, 11) is -3.79. The molecule has 2 aromatic carbocycles. The maximum absolute atomic E-state index is 11.3. The number of ether oxygens (including phenoxy) is 1. The second-order valence-electron chi connectivity index (χ2n) is 4.26. The molecule has 2 aromatic rings. The molecule has 0 bridgehead atoms. The van der Waals surface area contributed by atoms with Crippen molar-refractivity contribution in [2.75, 3.05) is 5.73 Å². The SMILES string of the molecule is Cc1cc(Br)ccc1Oc1cc(S(N)(=O)=O)ccc1N. The predicted octanol–water partition coefficient (Wildman–Crippen LogP) is 2.78. The van der Waals surface area contributed by atoms with E-state index in [1.165, 1.54) is 18.2 Å². The molecule has 0 aromatic heterocycles. The third-order valence-corrected chi connectivity index (χ3v) is 4.07. The van der Waals surface area contributed by atoms with Gasteiger partial charge in [0.1, 0.15) is 5.75 Å². The molecule has 4 N–H and O–H groups in total.